The van der Waals surface area contributed by atoms with Crippen LogP contribution < -0.4 is 14.8 Å². The van der Waals surface area contributed by atoms with Gasteiger partial charge in [0.2, 0.25) is 0 Å². The Kier molecular flexibility index (Phi) is 5.87. The van der Waals surface area contributed by atoms with Gasteiger partial charge in [0, 0.05) is 12.6 Å². The van der Waals surface area contributed by atoms with Gasteiger partial charge in [-0.1, -0.05) is 6.07 Å². The first-order chi connectivity index (χ1) is 10.2. The Morgan fingerprint density at radius 3 is 2.67 bits per heavy atom. The lowest BCUT2D eigenvalue weighted by molar-refractivity contribution is -0.145. The van der Waals surface area contributed by atoms with Crippen LogP contribution in [-0.4, -0.2) is 31.8 Å². The first kappa shape index (κ1) is 15.6. The Morgan fingerprint density at radius 2 is 2.00 bits per heavy atom. The molecular formula is C16H23NO4. The highest BCUT2D eigenvalue weighted by Crippen LogP contribution is 2.29. The van der Waals surface area contributed by atoms with E-state index in [4.69, 9.17) is 14.2 Å². The van der Waals surface area contributed by atoms with E-state index in [0.29, 0.717) is 30.8 Å². The molecule has 0 radical (unpaired) electrons. The van der Waals surface area contributed by atoms with E-state index in [1.54, 1.807) is 6.92 Å². The Hall–Kier alpha value is -1.75. The van der Waals surface area contributed by atoms with Crippen LogP contribution >= 0.6 is 0 Å². The van der Waals surface area contributed by atoms with Crippen molar-refractivity contribution >= 4 is 5.97 Å². The minimum Gasteiger partial charge on any atom is -0.490 e. The third kappa shape index (κ3) is 5.27. The summed E-state index contributed by atoms with van der Waals surface area (Å²) in [5, 5.41) is 3.46. The summed E-state index contributed by atoms with van der Waals surface area (Å²) in [5.41, 5.74) is 1.15. The number of esters is 1. The summed E-state index contributed by atoms with van der Waals surface area (Å²) < 4.78 is 15.9. The van der Waals surface area contributed by atoms with Crippen molar-refractivity contribution in [3.05, 3.63) is 23.8 Å². The smallest absolute Gasteiger partial charge is 0.344 e. The predicted molar refractivity (Wildman–Crippen MR) is 79.6 cm³/mol. The van der Waals surface area contributed by atoms with E-state index in [9.17, 15) is 4.79 Å². The van der Waals surface area contributed by atoms with Crippen LogP contribution in [0.5, 0.6) is 11.5 Å². The van der Waals surface area contributed by atoms with E-state index >= 15 is 0 Å². The van der Waals surface area contributed by atoms with Crippen molar-refractivity contribution in [2.45, 2.75) is 39.3 Å². The zero-order chi connectivity index (χ0) is 15.1. The summed E-state index contributed by atoms with van der Waals surface area (Å²) in [7, 11) is 0. The van der Waals surface area contributed by atoms with Crippen LogP contribution in [0.4, 0.5) is 0 Å². The van der Waals surface area contributed by atoms with Crippen LogP contribution in [0.2, 0.25) is 0 Å². The number of ether oxygens (including phenoxy) is 3. The quantitative estimate of drug-likeness (QED) is 0.708. The number of carbonyl (C=O) groups excluding carboxylic acids is 1. The molecule has 5 nitrogen and oxygen atoms in total. The van der Waals surface area contributed by atoms with Gasteiger partial charge < -0.3 is 19.5 Å². The monoisotopic (exact) mass is 293 g/mol. The van der Waals surface area contributed by atoms with Gasteiger partial charge in [-0.3, -0.25) is 0 Å². The van der Waals surface area contributed by atoms with Crippen LogP contribution in [0.3, 0.4) is 0 Å². The zero-order valence-corrected chi connectivity index (χ0v) is 12.7. The maximum Gasteiger partial charge on any atom is 0.344 e. The summed E-state index contributed by atoms with van der Waals surface area (Å²) >= 11 is 0. The molecule has 0 aromatic heterocycles. The molecule has 1 N–H and O–H groups in total. The lowest BCUT2D eigenvalue weighted by atomic mass is 10.2. The van der Waals surface area contributed by atoms with Gasteiger partial charge in [-0.2, -0.15) is 0 Å². The Morgan fingerprint density at radius 1 is 1.19 bits per heavy atom. The van der Waals surface area contributed by atoms with Crippen molar-refractivity contribution < 1.29 is 19.0 Å². The first-order valence-electron chi connectivity index (χ1n) is 7.50. The maximum atomic E-state index is 11.3. The van der Waals surface area contributed by atoms with Crippen molar-refractivity contribution in [2.75, 3.05) is 19.8 Å². The third-order valence-corrected chi connectivity index (χ3v) is 3.13. The fraction of sp³-hybridized carbons (Fsp3) is 0.562. The maximum absolute atomic E-state index is 11.3. The molecule has 1 aliphatic carbocycles. The molecule has 0 spiro atoms. The van der Waals surface area contributed by atoms with E-state index in [-0.39, 0.29) is 12.6 Å². The molecule has 2 rings (SSSR count). The average Bonchev–Trinajstić information content (AvgIpc) is 3.29. The highest BCUT2D eigenvalue weighted by Gasteiger charge is 2.20. The van der Waals surface area contributed by atoms with Gasteiger partial charge in [0.05, 0.1) is 13.2 Å². The van der Waals surface area contributed by atoms with Crippen LogP contribution in [0.25, 0.3) is 0 Å². The van der Waals surface area contributed by atoms with Crippen LogP contribution in [0.15, 0.2) is 18.2 Å². The highest BCUT2D eigenvalue weighted by atomic mass is 16.6. The molecule has 5 heteroatoms. The van der Waals surface area contributed by atoms with Crippen molar-refractivity contribution in [1.29, 1.82) is 0 Å². The van der Waals surface area contributed by atoms with Gasteiger partial charge >= 0.3 is 5.97 Å². The van der Waals surface area contributed by atoms with Gasteiger partial charge in [-0.15, -0.1) is 0 Å². The summed E-state index contributed by atoms with van der Waals surface area (Å²) in [6.45, 7) is 5.31. The number of benzene rings is 1. The van der Waals surface area contributed by atoms with Crippen molar-refractivity contribution in [1.82, 2.24) is 5.32 Å². The molecule has 1 aromatic rings. The molecule has 0 amide bonds. The summed E-state index contributed by atoms with van der Waals surface area (Å²) in [4.78, 5) is 11.3. The lowest BCUT2D eigenvalue weighted by Gasteiger charge is -2.13. The minimum atomic E-state index is -0.376. The number of hydrogen-bond donors (Lipinski definition) is 1. The number of nitrogens with one attached hydrogen (secondary N) is 1. The second-order valence-corrected chi connectivity index (χ2v) is 4.96. The largest absolute Gasteiger partial charge is 0.490 e. The average molecular weight is 293 g/mol. The number of rotatable bonds is 9. The molecule has 21 heavy (non-hydrogen) atoms. The second-order valence-electron chi connectivity index (χ2n) is 4.96. The predicted octanol–water partition coefficient (Wildman–Crippen LogP) is 2.28. The molecule has 0 saturated heterocycles. The number of hydrogen-bond acceptors (Lipinski definition) is 5. The van der Waals surface area contributed by atoms with Gasteiger partial charge in [0.1, 0.15) is 0 Å². The normalized spacial score (nSPS) is 13.8. The lowest BCUT2D eigenvalue weighted by Crippen LogP contribution is -2.16. The molecule has 0 heterocycles. The molecule has 0 aliphatic heterocycles. The fourth-order valence-corrected chi connectivity index (χ4v) is 1.94. The van der Waals surface area contributed by atoms with Gasteiger partial charge in [0.15, 0.2) is 18.1 Å². The van der Waals surface area contributed by atoms with E-state index in [2.05, 4.69) is 5.32 Å². The SMILES string of the molecule is CCOC(=O)COc1ccc(CNC2CC2)cc1OCC. The summed E-state index contributed by atoms with van der Waals surface area (Å²) in [6, 6.07) is 6.45. The van der Waals surface area contributed by atoms with E-state index < -0.39 is 0 Å². The Balaban J connectivity index is 1.95. The Labute approximate surface area is 125 Å². The number of carbonyl (C=O) groups is 1. The molecule has 0 bridgehead atoms. The molecule has 1 aliphatic rings. The van der Waals surface area contributed by atoms with Gasteiger partial charge in [0.25, 0.3) is 0 Å². The second kappa shape index (κ2) is 7.88. The van der Waals surface area contributed by atoms with Crippen molar-refractivity contribution in [3.8, 4) is 11.5 Å². The first-order valence-corrected chi connectivity index (χ1v) is 7.50. The van der Waals surface area contributed by atoms with Gasteiger partial charge in [-0.05, 0) is 44.4 Å². The van der Waals surface area contributed by atoms with Crippen LogP contribution in [-0.2, 0) is 16.1 Å². The van der Waals surface area contributed by atoms with Crippen molar-refractivity contribution in [3.63, 3.8) is 0 Å². The topological polar surface area (TPSA) is 56.8 Å². The van der Waals surface area contributed by atoms with Gasteiger partial charge in [-0.25, -0.2) is 4.79 Å². The fourth-order valence-electron chi connectivity index (χ4n) is 1.94. The molecule has 0 unspecified atom stereocenters. The molecular weight excluding hydrogens is 270 g/mol. The third-order valence-electron chi connectivity index (χ3n) is 3.13. The molecule has 1 aromatic carbocycles. The van der Waals surface area contributed by atoms with Crippen LogP contribution in [0.1, 0.15) is 32.3 Å². The van der Waals surface area contributed by atoms with E-state index in [1.165, 1.54) is 12.8 Å². The summed E-state index contributed by atoms with van der Waals surface area (Å²) in [6.07, 6.45) is 2.53. The Bertz CT molecular complexity index is 471. The molecule has 116 valence electrons. The standard InChI is InChI=1S/C16H23NO4/c1-3-19-15-9-12(10-17-13-6-7-13)5-8-14(15)21-11-16(18)20-4-2/h5,8-9,13,17H,3-4,6-7,10-11H2,1-2H3. The minimum absolute atomic E-state index is 0.104. The zero-order valence-electron chi connectivity index (χ0n) is 12.7. The van der Waals surface area contributed by atoms with E-state index in [1.807, 2.05) is 25.1 Å². The highest BCUT2D eigenvalue weighted by molar-refractivity contribution is 5.71. The van der Waals surface area contributed by atoms with E-state index in [0.717, 1.165) is 12.1 Å². The molecule has 0 atom stereocenters. The summed E-state index contributed by atoms with van der Waals surface area (Å²) in [5.74, 6) is 0.858. The molecule has 1 fully saturated rings. The van der Waals surface area contributed by atoms with Crippen molar-refractivity contribution in [2.24, 2.45) is 0 Å². The molecule has 1 saturated carbocycles. The van der Waals surface area contributed by atoms with Crippen LogP contribution in [0, 0.1) is 0 Å².